The SMILES string of the molecule is CC1(C)OB(C2=CCC(O[Si](c3ccccc3)(c3ccccc3)C(C)(C)C)C2)OC1(C)C. The van der Waals surface area contributed by atoms with Crippen LogP contribution >= 0.6 is 0 Å². The third-order valence-corrected chi connectivity index (χ3v) is 12.5. The molecule has 32 heavy (non-hydrogen) atoms. The van der Waals surface area contributed by atoms with Crippen molar-refractivity contribution in [3.63, 3.8) is 0 Å². The zero-order valence-corrected chi connectivity index (χ0v) is 21.6. The molecule has 5 heteroatoms. The summed E-state index contributed by atoms with van der Waals surface area (Å²) in [6, 6.07) is 21.7. The van der Waals surface area contributed by atoms with Crippen LogP contribution in [0.15, 0.2) is 72.2 Å². The fourth-order valence-corrected chi connectivity index (χ4v) is 9.62. The second-order valence-electron chi connectivity index (χ2n) is 11.2. The van der Waals surface area contributed by atoms with Gasteiger partial charge < -0.3 is 13.7 Å². The Balaban J connectivity index is 1.64. The van der Waals surface area contributed by atoms with E-state index in [0.717, 1.165) is 12.8 Å². The zero-order valence-electron chi connectivity index (χ0n) is 20.6. The van der Waals surface area contributed by atoms with Crippen molar-refractivity contribution in [1.29, 1.82) is 0 Å². The summed E-state index contributed by atoms with van der Waals surface area (Å²) in [6.07, 6.45) is 4.14. The van der Waals surface area contributed by atoms with Gasteiger partial charge in [0.25, 0.3) is 8.32 Å². The van der Waals surface area contributed by atoms with E-state index in [1.807, 2.05) is 0 Å². The van der Waals surface area contributed by atoms with Crippen LogP contribution in [0.25, 0.3) is 0 Å². The third-order valence-electron chi connectivity index (χ3n) is 7.42. The van der Waals surface area contributed by atoms with E-state index >= 15 is 0 Å². The molecule has 0 radical (unpaired) electrons. The van der Waals surface area contributed by atoms with E-state index in [0.29, 0.717) is 0 Å². The van der Waals surface area contributed by atoms with Gasteiger partial charge in [-0.2, -0.15) is 0 Å². The number of rotatable bonds is 5. The van der Waals surface area contributed by atoms with Crippen molar-refractivity contribution in [3.8, 4) is 0 Å². The predicted molar refractivity (Wildman–Crippen MR) is 136 cm³/mol. The van der Waals surface area contributed by atoms with Crippen molar-refractivity contribution >= 4 is 25.8 Å². The Bertz CT molecular complexity index is 908. The number of hydrogen-bond donors (Lipinski definition) is 0. The quantitative estimate of drug-likeness (QED) is 0.583. The molecule has 1 atom stereocenters. The van der Waals surface area contributed by atoms with Crippen molar-refractivity contribution in [2.75, 3.05) is 0 Å². The zero-order chi connectivity index (χ0) is 23.2. The van der Waals surface area contributed by atoms with E-state index in [1.165, 1.54) is 15.8 Å². The van der Waals surface area contributed by atoms with Crippen LogP contribution in [0.3, 0.4) is 0 Å². The smallest absolute Gasteiger partial charge is 0.404 e. The van der Waals surface area contributed by atoms with Gasteiger partial charge in [0.05, 0.1) is 17.3 Å². The second kappa shape index (κ2) is 8.28. The third kappa shape index (κ3) is 4.05. The van der Waals surface area contributed by atoms with E-state index < -0.39 is 8.32 Å². The molecule has 2 aromatic carbocycles. The monoisotopic (exact) mass is 448 g/mol. The second-order valence-corrected chi connectivity index (χ2v) is 15.5. The molecule has 1 fully saturated rings. The van der Waals surface area contributed by atoms with E-state index in [-0.39, 0.29) is 29.5 Å². The topological polar surface area (TPSA) is 27.7 Å². The van der Waals surface area contributed by atoms with Gasteiger partial charge in [0.15, 0.2) is 0 Å². The Labute approximate surface area is 195 Å². The molecule has 0 aromatic heterocycles. The van der Waals surface area contributed by atoms with Crippen LogP contribution in [0, 0.1) is 0 Å². The van der Waals surface area contributed by atoms with Crippen molar-refractivity contribution in [2.45, 2.75) is 83.7 Å². The maximum atomic E-state index is 7.31. The van der Waals surface area contributed by atoms with E-state index in [4.69, 9.17) is 13.7 Å². The molecule has 1 aliphatic carbocycles. The lowest BCUT2D eigenvalue weighted by Gasteiger charge is -2.44. The summed E-state index contributed by atoms with van der Waals surface area (Å²) < 4.78 is 20.0. The van der Waals surface area contributed by atoms with Crippen LogP contribution in [-0.4, -0.2) is 32.7 Å². The van der Waals surface area contributed by atoms with Gasteiger partial charge in [0.2, 0.25) is 0 Å². The summed E-state index contributed by atoms with van der Waals surface area (Å²) in [5.74, 6) is 0. The minimum atomic E-state index is -2.56. The lowest BCUT2D eigenvalue weighted by molar-refractivity contribution is 0.00578. The molecule has 1 heterocycles. The molecule has 1 unspecified atom stereocenters. The van der Waals surface area contributed by atoms with Gasteiger partial charge in [-0.25, -0.2) is 0 Å². The van der Waals surface area contributed by atoms with Crippen molar-refractivity contribution in [1.82, 2.24) is 0 Å². The molecule has 0 amide bonds. The lowest BCUT2D eigenvalue weighted by Crippen LogP contribution is -2.67. The van der Waals surface area contributed by atoms with Gasteiger partial charge in [0.1, 0.15) is 0 Å². The van der Waals surface area contributed by atoms with Gasteiger partial charge in [0, 0.05) is 0 Å². The highest BCUT2D eigenvalue weighted by molar-refractivity contribution is 6.99. The Morgan fingerprint density at radius 1 is 0.844 bits per heavy atom. The fourth-order valence-electron chi connectivity index (χ4n) is 4.93. The molecule has 0 spiro atoms. The highest BCUT2D eigenvalue weighted by Gasteiger charge is 2.55. The average molecular weight is 448 g/mol. The summed E-state index contributed by atoms with van der Waals surface area (Å²) in [5, 5.41) is 2.62. The fraction of sp³-hybridized carbons (Fsp3) is 0.481. The lowest BCUT2D eigenvalue weighted by atomic mass is 9.77. The van der Waals surface area contributed by atoms with Crippen LogP contribution in [-0.2, 0) is 13.7 Å². The highest BCUT2D eigenvalue weighted by Crippen LogP contribution is 2.43. The first-order chi connectivity index (χ1) is 15.0. The molecule has 1 saturated heterocycles. The van der Waals surface area contributed by atoms with Crippen LogP contribution < -0.4 is 10.4 Å². The van der Waals surface area contributed by atoms with Gasteiger partial charge in [-0.05, 0) is 61.4 Å². The van der Waals surface area contributed by atoms with E-state index in [2.05, 4.69) is 115 Å². The number of benzene rings is 2. The molecule has 0 N–H and O–H groups in total. The summed E-state index contributed by atoms with van der Waals surface area (Å²) in [7, 11) is -2.84. The number of hydrogen-bond acceptors (Lipinski definition) is 3. The minimum absolute atomic E-state index is 0.0250. The van der Waals surface area contributed by atoms with E-state index in [9.17, 15) is 0 Å². The minimum Gasteiger partial charge on any atom is -0.404 e. The standard InChI is InChI=1S/C27H37BO3Si/c1-25(2,3)32(23-14-10-8-11-15-23,24-16-12-9-13-17-24)29-22-19-18-21(20-22)28-30-26(4,5)27(6,7)31-28/h8-18,22H,19-20H2,1-7H3. The Morgan fingerprint density at radius 3 is 1.75 bits per heavy atom. The summed E-state index contributed by atoms with van der Waals surface area (Å²) in [5.41, 5.74) is 0.567. The maximum absolute atomic E-state index is 7.31. The van der Waals surface area contributed by atoms with Crippen LogP contribution in [0.5, 0.6) is 0 Å². The first kappa shape index (κ1) is 23.5. The predicted octanol–water partition coefficient (Wildman–Crippen LogP) is 5.28. The van der Waals surface area contributed by atoms with Crippen molar-refractivity contribution in [2.24, 2.45) is 0 Å². The molecule has 0 bridgehead atoms. The molecular weight excluding hydrogens is 411 g/mol. The first-order valence-electron chi connectivity index (χ1n) is 11.8. The molecule has 2 aliphatic rings. The molecule has 2 aromatic rings. The molecule has 1 aliphatic heterocycles. The van der Waals surface area contributed by atoms with Crippen LogP contribution in [0.1, 0.15) is 61.3 Å². The molecule has 0 saturated carbocycles. The van der Waals surface area contributed by atoms with Crippen molar-refractivity contribution in [3.05, 3.63) is 72.2 Å². The maximum Gasteiger partial charge on any atom is 0.490 e. The molecule has 170 valence electrons. The Hall–Kier alpha value is -1.66. The van der Waals surface area contributed by atoms with Crippen molar-refractivity contribution < 1.29 is 13.7 Å². The average Bonchev–Trinajstić information content (AvgIpc) is 3.28. The summed E-state index contributed by atoms with van der Waals surface area (Å²) in [6.45, 7) is 15.4. The molecule has 4 rings (SSSR count). The summed E-state index contributed by atoms with van der Waals surface area (Å²) in [4.78, 5) is 0. The summed E-state index contributed by atoms with van der Waals surface area (Å²) >= 11 is 0. The highest BCUT2D eigenvalue weighted by atomic mass is 28.4. The first-order valence-corrected chi connectivity index (χ1v) is 13.7. The van der Waals surface area contributed by atoms with Gasteiger partial charge in [-0.15, -0.1) is 0 Å². The normalized spacial score (nSPS) is 22.8. The molecular formula is C27H37BO3Si. The van der Waals surface area contributed by atoms with Crippen LogP contribution in [0.4, 0.5) is 0 Å². The van der Waals surface area contributed by atoms with Gasteiger partial charge in [-0.1, -0.05) is 87.5 Å². The van der Waals surface area contributed by atoms with Gasteiger partial charge >= 0.3 is 7.12 Å². The largest absolute Gasteiger partial charge is 0.490 e. The Kier molecular flexibility index (Phi) is 6.08. The van der Waals surface area contributed by atoms with Gasteiger partial charge in [-0.3, -0.25) is 0 Å². The van der Waals surface area contributed by atoms with E-state index in [1.54, 1.807) is 0 Å². The Morgan fingerprint density at radius 2 is 1.31 bits per heavy atom. The molecule has 3 nitrogen and oxygen atoms in total. The van der Waals surface area contributed by atoms with Crippen LogP contribution in [0.2, 0.25) is 5.04 Å².